The maximum Gasteiger partial charge on any atom is 0.219 e. The zero-order chi connectivity index (χ0) is 13.8. The highest BCUT2D eigenvalue weighted by Crippen LogP contribution is 2.22. The number of hydrogen-bond donors (Lipinski definition) is 1. The minimum atomic E-state index is -0.210. The van der Waals surface area contributed by atoms with Gasteiger partial charge >= 0.3 is 0 Å². The molecule has 1 aromatic heterocycles. The average Bonchev–Trinajstić information content (AvgIpc) is 2.28. The van der Waals surface area contributed by atoms with Crippen molar-refractivity contribution in [3.63, 3.8) is 0 Å². The van der Waals surface area contributed by atoms with Gasteiger partial charge < -0.3 is 14.6 Å². The summed E-state index contributed by atoms with van der Waals surface area (Å²) in [6, 6.07) is 1.94. The maximum atomic E-state index is 9.35. The number of aryl methyl sites for hydroxylation is 2. The van der Waals surface area contributed by atoms with Crippen LogP contribution >= 0.6 is 0 Å². The summed E-state index contributed by atoms with van der Waals surface area (Å²) in [5, 5.41) is 9.35. The fourth-order valence-electron chi connectivity index (χ4n) is 1.64. The Kier molecular flexibility index (Phi) is 5.11. The maximum absolute atomic E-state index is 9.35. The fraction of sp³-hybridized carbons (Fsp3) is 0.643. The van der Waals surface area contributed by atoms with Gasteiger partial charge in [-0.2, -0.15) is 0 Å². The predicted molar refractivity (Wildman–Crippen MR) is 70.8 cm³/mol. The lowest BCUT2D eigenvalue weighted by molar-refractivity contribution is 0.00490. The molecular weight excluding hydrogens is 230 g/mol. The van der Waals surface area contributed by atoms with Crippen LogP contribution in [-0.2, 0) is 11.3 Å². The Hall–Kier alpha value is -1.13. The van der Waals surface area contributed by atoms with Crippen molar-refractivity contribution >= 4 is 0 Å². The molecule has 0 spiro atoms. The van der Waals surface area contributed by atoms with Crippen LogP contribution in [-0.4, -0.2) is 29.4 Å². The minimum Gasteiger partial charge on any atom is -0.477 e. The zero-order valence-corrected chi connectivity index (χ0v) is 11.9. The number of aromatic nitrogens is 1. The second-order valence-corrected chi connectivity index (χ2v) is 5.08. The molecule has 1 rings (SSSR count). The Morgan fingerprint density at radius 3 is 2.56 bits per heavy atom. The molecule has 1 heterocycles. The van der Waals surface area contributed by atoms with E-state index in [9.17, 15) is 5.11 Å². The molecular formula is C14H23NO3. The molecule has 0 radical (unpaired) electrons. The Bertz CT molecular complexity index is 402. The molecule has 0 amide bonds. The van der Waals surface area contributed by atoms with E-state index < -0.39 is 0 Å². The lowest BCUT2D eigenvalue weighted by Gasteiger charge is -2.23. The number of ether oxygens (including phenoxy) is 2. The summed E-state index contributed by atoms with van der Waals surface area (Å²) in [5.74, 6) is 0.530. The van der Waals surface area contributed by atoms with Crippen LogP contribution in [0.2, 0.25) is 0 Å². The van der Waals surface area contributed by atoms with E-state index in [1.165, 1.54) is 0 Å². The third-order valence-corrected chi connectivity index (χ3v) is 3.09. The summed E-state index contributed by atoms with van der Waals surface area (Å²) >= 11 is 0. The molecule has 0 saturated heterocycles. The van der Waals surface area contributed by atoms with Crippen LogP contribution in [0.5, 0.6) is 5.88 Å². The highest BCUT2D eigenvalue weighted by molar-refractivity contribution is 5.35. The van der Waals surface area contributed by atoms with Crippen molar-refractivity contribution in [2.45, 2.75) is 46.3 Å². The Morgan fingerprint density at radius 1 is 1.33 bits per heavy atom. The molecule has 0 fully saturated rings. The molecule has 0 aliphatic heterocycles. The van der Waals surface area contributed by atoms with E-state index in [0.29, 0.717) is 12.5 Å². The van der Waals surface area contributed by atoms with E-state index in [1.54, 1.807) is 7.11 Å². The lowest BCUT2D eigenvalue weighted by Crippen LogP contribution is -2.25. The Labute approximate surface area is 109 Å². The number of rotatable bonds is 6. The first-order valence-electron chi connectivity index (χ1n) is 6.15. The number of hydrogen-bond acceptors (Lipinski definition) is 4. The number of pyridine rings is 1. The second-order valence-electron chi connectivity index (χ2n) is 5.08. The summed E-state index contributed by atoms with van der Waals surface area (Å²) in [7, 11) is 1.69. The van der Waals surface area contributed by atoms with Gasteiger partial charge in [0, 0.05) is 24.8 Å². The van der Waals surface area contributed by atoms with Crippen LogP contribution < -0.4 is 4.74 Å². The van der Waals surface area contributed by atoms with Crippen molar-refractivity contribution in [2.24, 2.45) is 0 Å². The molecule has 0 saturated carbocycles. The van der Waals surface area contributed by atoms with Crippen molar-refractivity contribution in [3.05, 3.63) is 22.9 Å². The van der Waals surface area contributed by atoms with Crippen molar-refractivity contribution < 1.29 is 14.6 Å². The van der Waals surface area contributed by atoms with E-state index >= 15 is 0 Å². The van der Waals surface area contributed by atoms with Gasteiger partial charge in [-0.1, -0.05) is 0 Å². The van der Waals surface area contributed by atoms with E-state index in [4.69, 9.17) is 9.47 Å². The van der Waals surface area contributed by atoms with E-state index in [0.717, 1.165) is 23.2 Å². The number of nitrogens with zero attached hydrogens (tertiary/aromatic N) is 1. The van der Waals surface area contributed by atoms with Crippen LogP contribution in [0.4, 0.5) is 0 Å². The van der Waals surface area contributed by atoms with E-state index in [-0.39, 0.29) is 12.2 Å². The molecule has 0 unspecified atom stereocenters. The molecule has 0 atom stereocenters. The van der Waals surface area contributed by atoms with Gasteiger partial charge in [0.25, 0.3) is 0 Å². The molecule has 4 nitrogen and oxygen atoms in total. The molecule has 18 heavy (non-hydrogen) atoms. The zero-order valence-electron chi connectivity index (χ0n) is 11.9. The first kappa shape index (κ1) is 14.9. The highest BCUT2D eigenvalue weighted by Gasteiger charge is 2.17. The van der Waals surface area contributed by atoms with Crippen molar-refractivity contribution in [3.8, 4) is 5.88 Å². The van der Waals surface area contributed by atoms with Gasteiger partial charge in [-0.05, 0) is 39.3 Å². The standard InChI is InChI=1S/C14H23NO3/c1-10-8-11(2)15-13(12(10)9-16)18-7-6-14(3,4)17-5/h8,16H,6-7,9H2,1-5H3. The predicted octanol–water partition coefficient (Wildman–Crippen LogP) is 2.38. The second kappa shape index (κ2) is 6.16. The van der Waals surface area contributed by atoms with Gasteiger partial charge in [-0.3, -0.25) is 0 Å². The topological polar surface area (TPSA) is 51.6 Å². The quantitative estimate of drug-likeness (QED) is 0.845. The molecule has 4 heteroatoms. The van der Waals surface area contributed by atoms with E-state index in [2.05, 4.69) is 4.98 Å². The molecule has 1 aromatic rings. The van der Waals surface area contributed by atoms with Crippen molar-refractivity contribution in [2.75, 3.05) is 13.7 Å². The summed E-state index contributed by atoms with van der Waals surface area (Å²) in [6.45, 7) is 8.36. The summed E-state index contributed by atoms with van der Waals surface area (Å²) in [4.78, 5) is 4.33. The third kappa shape index (κ3) is 3.96. The largest absolute Gasteiger partial charge is 0.477 e. The first-order chi connectivity index (χ1) is 8.39. The molecule has 1 N–H and O–H groups in total. The summed E-state index contributed by atoms with van der Waals surface area (Å²) in [5.41, 5.74) is 2.45. The average molecular weight is 253 g/mol. The SMILES string of the molecule is COC(C)(C)CCOc1nc(C)cc(C)c1CO. The van der Waals surface area contributed by atoms with E-state index in [1.807, 2.05) is 33.8 Å². The molecule has 102 valence electrons. The lowest BCUT2D eigenvalue weighted by atomic mass is 10.1. The number of methoxy groups -OCH3 is 1. The Balaban J connectivity index is 2.73. The van der Waals surface area contributed by atoms with Gasteiger partial charge in [0.05, 0.1) is 18.8 Å². The number of aliphatic hydroxyl groups is 1. The van der Waals surface area contributed by atoms with Crippen LogP contribution in [0.3, 0.4) is 0 Å². The monoisotopic (exact) mass is 253 g/mol. The molecule has 0 aliphatic rings. The normalized spacial score (nSPS) is 11.7. The van der Waals surface area contributed by atoms with Crippen molar-refractivity contribution in [1.82, 2.24) is 4.98 Å². The van der Waals surface area contributed by atoms with Gasteiger partial charge in [0.15, 0.2) is 0 Å². The van der Waals surface area contributed by atoms with Crippen molar-refractivity contribution in [1.29, 1.82) is 0 Å². The highest BCUT2D eigenvalue weighted by atomic mass is 16.5. The van der Waals surface area contributed by atoms with Gasteiger partial charge in [-0.15, -0.1) is 0 Å². The molecule has 0 bridgehead atoms. The van der Waals surface area contributed by atoms with Crippen LogP contribution in [0, 0.1) is 13.8 Å². The fourth-order valence-corrected chi connectivity index (χ4v) is 1.64. The first-order valence-corrected chi connectivity index (χ1v) is 6.15. The summed E-state index contributed by atoms with van der Waals surface area (Å²) in [6.07, 6.45) is 0.767. The van der Waals surface area contributed by atoms with Crippen LogP contribution in [0.1, 0.15) is 37.1 Å². The van der Waals surface area contributed by atoms with Gasteiger partial charge in [0.1, 0.15) is 0 Å². The molecule has 0 aliphatic carbocycles. The van der Waals surface area contributed by atoms with Gasteiger partial charge in [-0.25, -0.2) is 4.98 Å². The van der Waals surface area contributed by atoms with Gasteiger partial charge in [0.2, 0.25) is 5.88 Å². The van der Waals surface area contributed by atoms with Crippen LogP contribution in [0.15, 0.2) is 6.07 Å². The number of aliphatic hydroxyl groups excluding tert-OH is 1. The smallest absolute Gasteiger partial charge is 0.219 e. The third-order valence-electron chi connectivity index (χ3n) is 3.09. The minimum absolute atomic E-state index is 0.0535. The summed E-state index contributed by atoms with van der Waals surface area (Å²) < 4.78 is 11.0. The van der Waals surface area contributed by atoms with Crippen LogP contribution in [0.25, 0.3) is 0 Å². The molecule has 0 aromatic carbocycles. The Morgan fingerprint density at radius 2 is 2.00 bits per heavy atom.